The van der Waals surface area contributed by atoms with Crippen molar-refractivity contribution in [2.45, 2.75) is 39.2 Å². The maximum Gasteiger partial charge on any atom is 0.340 e. The van der Waals surface area contributed by atoms with Crippen molar-refractivity contribution in [2.24, 2.45) is 5.92 Å². The van der Waals surface area contributed by atoms with Gasteiger partial charge in [-0.15, -0.1) is 11.3 Å². The lowest BCUT2D eigenvalue weighted by Gasteiger charge is -2.17. The molecule has 0 amide bonds. The number of carbonyl (C=O) groups excluding carboxylic acids is 1. The zero-order valence-electron chi connectivity index (χ0n) is 14.6. The highest BCUT2D eigenvalue weighted by Gasteiger charge is 2.24. The van der Waals surface area contributed by atoms with E-state index in [9.17, 15) is 9.59 Å². The first-order valence-corrected chi connectivity index (χ1v) is 9.50. The summed E-state index contributed by atoms with van der Waals surface area (Å²) in [6.07, 6.45) is 5.40. The lowest BCUT2D eigenvalue weighted by atomic mass is 9.89. The number of fused-ring (bicyclic) bond motifs is 3. The predicted octanol–water partition coefficient (Wildman–Crippen LogP) is 3.42. The molecule has 0 aromatic carbocycles. The van der Waals surface area contributed by atoms with Gasteiger partial charge in [0.25, 0.3) is 5.56 Å². The number of carbonyl (C=O) groups is 1. The van der Waals surface area contributed by atoms with E-state index in [0.717, 1.165) is 29.7 Å². The average Bonchev–Trinajstić information content (AvgIpc) is 3.00. The van der Waals surface area contributed by atoms with Crippen molar-refractivity contribution in [1.82, 2.24) is 15.0 Å². The first-order valence-electron chi connectivity index (χ1n) is 8.68. The fourth-order valence-corrected chi connectivity index (χ4v) is 4.72. The minimum absolute atomic E-state index is 0.152. The summed E-state index contributed by atoms with van der Waals surface area (Å²) in [5, 5.41) is 0.700. The number of nitrogens with zero attached hydrogens (tertiary/aromatic N) is 2. The zero-order valence-corrected chi connectivity index (χ0v) is 15.4. The highest BCUT2D eigenvalue weighted by molar-refractivity contribution is 7.18. The van der Waals surface area contributed by atoms with E-state index in [1.165, 1.54) is 11.1 Å². The average molecular weight is 369 g/mol. The van der Waals surface area contributed by atoms with Crippen molar-refractivity contribution in [3.05, 3.63) is 56.7 Å². The third kappa shape index (κ3) is 3.03. The van der Waals surface area contributed by atoms with E-state index in [4.69, 9.17) is 4.74 Å². The van der Waals surface area contributed by atoms with Crippen LogP contribution in [0.5, 0.6) is 0 Å². The summed E-state index contributed by atoms with van der Waals surface area (Å²) in [4.78, 5) is 38.1. The molecule has 2 unspecified atom stereocenters. The fraction of sp³-hybridized carbons (Fsp3) is 0.368. The third-order valence-electron chi connectivity index (χ3n) is 4.75. The van der Waals surface area contributed by atoms with Crippen molar-refractivity contribution >= 4 is 27.5 Å². The lowest BCUT2D eigenvalue weighted by Crippen LogP contribution is -2.18. The first-order chi connectivity index (χ1) is 12.5. The molecule has 0 aliphatic heterocycles. The van der Waals surface area contributed by atoms with Gasteiger partial charge in [-0.3, -0.25) is 9.78 Å². The van der Waals surface area contributed by atoms with Crippen LogP contribution in [-0.2, 0) is 17.6 Å². The number of aromatic nitrogens is 3. The molecular formula is C19H19N3O3S. The molecule has 26 heavy (non-hydrogen) atoms. The molecule has 4 rings (SSSR count). The van der Waals surface area contributed by atoms with Gasteiger partial charge >= 0.3 is 5.97 Å². The van der Waals surface area contributed by atoms with Crippen molar-refractivity contribution in [3.8, 4) is 0 Å². The molecule has 1 aliphatic rings. The number of aryl methyl sites for hydroxylation is 1. The Hall–Kier alpha value is -2.54. The molecule has 3 heterocycles. The Balaban J connectivity index is 1.65. The van der Waals surface area contributed by atoms with E-state index in [2.05, 4.69) is 21.9 Å². The van der Waals surface area contributed by atoms with Gasteiger partial charge in [0.05, 0.1) is 10.9 Å². The number of nitrogens with one attached hydrogen (secondary N) is 1. The zero-order chi connectivity index (χ0) is 18.3. The Morgan fingerprint density at radius 1 is 1.46 bits per heavy atom. The molecule has 6 nitrogen and oxygen atoms in total. The van der Waals surface area contributed by atoms with E-state index >= 15 is 0 Å². The van der Waals surface area contributed by atoms with Crippen LogP contribution in [0.4, 0.5) is 0 Å². The van der Waals surface area contributed by atoms with Crippen molar-refractivity contribution in [3.63, 3.8) is 0 Å². The van der Waals surface area contributed by atoms with E-state index in [1.807, 2.05) is 0 Å². The lowest BCUT2D eigenvalue weighted by molar-refractivity contribution is 0.0319. The van der Waals surface area contributed by atoms with Crippen LogP contribution in [0.2, 0.25) is 0 Å². The second kappa shape index (κ2) is 6.64. The second-order valence-electron chi connectivity index (χ2n) is 6.77. The Morgan fingerprint density at radius 2 is 2.31 bits per heavy atom. The molecule has 2 atom stereocenters. The monoisotopic (exact) mass is 369 g/mol. The summed E-state index contributed by atoms with van der Waals surface area (Å²) in [6.45, 7) is 3.93. The topological polar surface area (TPSA) is 84.9 Å². The molecule has 0 saturated carbocycles. The van der Waals surface area contributed by atoms with Gasteiger partial charge in [0.2, 0.25) is 0 Å². The molecule has 0 radical (unpaired) electrons. The van der Waals surface area contributed by atoms with Crippen molar-refractivity contribution in [2.75, 3.05) is 0 Å². The number of thiophene rings is 1. The SMILES string of the molecule is CC1CCc2c(sc3nc(C(C)OC(=O)c4cccnc4)[nH]c(=O)c23)C1. The molecule has 0 saturated heterocycles. The largest absolute Gasteiger partial charge is 0.451 e. The molecule has 7 heteroatoms. The Labute approximate surface area is 154 Å². The highest BCUT2D eigenvalue weighted by atomic mass is 32.1. The molecule has 0 bridgehead atoms. The fourth-order valence-electron chi connectivity index (χ4n) is 3.33. The van der Waals surface area contributed by atoms with E-state index in [-0.39, 0.29) is 5.56 Å². The summed E-state index contributed by atoms with van der Waals surface area (Å²) in [7, 11) is 0. The second-order valence-corrected chi connectivity index (χ2v) is 7.86. The number of H-pyrrole nitrogens is 1. The number of rotatable bonds is 3. The number of esters is 1. The van der Waals surface area contributed by atoms with Gasteiger partial charge in [-0.25, -0.2) is 9.78 Å². The van der Waals surface area contributed by atoms with Gasteiger partial charge in [-0.05, 0) is 49.8 Å². The molecule has 3 aromatic heterocycles. The van der Waals surface area contributed by atoms with Gasteiger partial charge in [-0.1, -0.05) is 6.92 Å². The standard InChI is InChI=1S/C19H19N3O3S/c1-10-5-6-13-14(8-10)26-18-15(13)17(23)21-16(22-18)11(2)25-19(24)12-4-3-7-20-9-12/h3-4,7,9-11H,5-6,8H2,1-2H3,(H,21,22,23). The summed E-state index contributed by atoms with van der Waals surface area (Å²) in [5.74, 6) is 0.507. The molecule has 1 aliphatic carbocycles. The smallest absolute Gasteiger partial charge is 0.340 e. The number of pyridine rings is 1. The van der Waals surface area contributed by atoms with E-state index < -0.39 is 12.1 Å². The molecule has 0 spiro atoms. The van der Waals surface area contributed by atoms with Crippen molar-refractivity contribution in [1.29, 1.82) is 0 Å². The minimum atomic E-state index is -0.655. The maximum atomic E-state index is 12.6. The van der Waals surface area contributed by atoms with Gasteiger partial charge in [0.1, 0.15) is 4.83 Å². The van der Waals surface area contributed by atoms with Gasteiger partial charge in [0.15, 0.2) is 11.9 Å². The van der Waals surface area contributed by atoms with Crippen LogP contribution >= 0.6 is 11.3 Å². The maximum absolute atomic E-state index is 12.6. The van der Waals surface area contributed by atoms with Crippen LogP contribution in [0.25, 0.3) is 10.2 Å². The Kier molecular flexibility index (Phi) is 4.32. The summed E-state index contributed by atoms with van der Waals surface area (Å²) in [5.41, 5.74) is 1.35. The van der Waals surface area contributed by atoms with Crippen molar-refractivity contribution < 1.29 is 9.53 Å². The normalized spacial score (nSPS) is 17.7. The third-order valence-corrected chi connectivity index (χ3v) is 5.90. The van der Waals surface area contributed by atoms with Crippen LogP contribution in [0.1, 0.15) is 53.0 Å². The predicted molar refractivity (Wildman–Crippen MR) is 99.5 cm³/mol. The first kappa shape index (κ1) is 16.9. The number of hydrogen-bond donors (Lipinski definition) is 1. The number of aromatic amines is 1. The number of ether oxygens (including phenoxy) is 1. The molecular weight excluding hydrogens is 350 g/mol. The molecule has 1 N–H and O–H groups in total. The van der Waals surface area contributed by atoms with Crippen LogP contribution in [0, 0.1) is 5.92 Å². The summed E-state index contributed by atoms with van der Waals surface area (Å²) >= 11 is 1.58. The van der Waals surface area contributed by atoms with Gasteiger partial charge < -0.3 is 9.72 Å². The molecule has 134 valence electrons. The van der Waals surface area contributed by atoms with Crippen LogP contribution in [0.3, 0.4) is 0 Å². The summed E-state index contributed by atoms with van der Waals surface area (Å²) < 4.78 is 5.44. The Morgan fingerprint density at radius 3 is 3.08 bits per heavy atom. The van der Waals surface area contributed by atoms with E-state index in [0.29, 0.717) is 22.7 Å². The van der Waals surface area contributed by atoms with Crippen LogP contribution in [0.15, 0.2) is 29.3 Å². The van der Waals surface area contributed by atoms with E-state index in [1.54, 1.807) is 36.6 Å². The van der Waals surface area contributed by atoms with Crippen LogP contribution < -0.4 is 5.56 Å². The van der Waals surface area contributed by atoms with Crippen LogP contribution in [-0.4, -0.2) is 20.9 Å². The van der Waals surface area contributed by atoms with Gasteiger partial charge in [-0.2, -0.15) is 0 Å². The minimum Gasteiger partial charge on any atom is -0.451 e. The number of hydrogen-bond acceptors (Lipinski definition) is 6. The summed E-state index contributed by atoms with van der Waals surface area (Å²) in [6, 6.07) is 3.31. The highest BCUT2D eigenvalue weighted by Crippen LogP contribution is 2.35. The van der Waals surface area contributed by atoms with Gasteiger partial charge in [0, 0.05) is 17.3 Å². The molecule has 0 fully saturated rings. The quantitative estimate of drug-likeness (QED) is 0.715. The molecule has 3 aromatic rings. The Bertz CT molecular complexity index is 1030.